The number of fused-ring (bicyclic) bond motifs is 5. The normalized spacial score (nSPS) is 41.0. The van der Waals surface area contributed by atoms with Gasteiger partial charge in [-0.2, -0.15) is 5.10 Å². The van der Waals surface area contributed by atoms with Gasteiger partial charge in [0.25, 0.3) is 0 Å². The lowest BCUT2D eigenvalue weighted by Crippen LogP contribution is -2.51. The lowest BCUT2D eigenvalue weighted by Gasteiger charge is -2.40. The number of nitrogens with two attached hydrogens (primary N) is 1. The summed E-state index contributed by atoms with van der Waals surface area (Å²) in [4.78, 5) is 0. The van der Waals surface area contributed by atoms with Crippen molar-refractivity contribution in [3.05, 3.63) is 15.9 Å². The fourth-order valence-corrected chi connectivity index (χ4v) is 6.29. The number of rotatable bonds is 3. The smallest absolute Gasteiger partial charge is 0.0738 e. The fraction of sp³-hybridized carbons (Fsp3) is 0.824. The van der Waals surface area contributed by atoms with Gasteiger partial charge in [-0.05, 0) is 79.1 Å². The van der Waals surface area contributed by atoms with Crippen molar-refractivity contribution < 1.29 is 0 Å². The van der Waals surface area contributed by atoms with E-state index < -0.39 is 0 Å². The molecule has 3 fully saturated rings. The number of halogens is 1. The van der Waals surface area contributed by atoms with Gasteiger partial charge in [0.15, 0.2) is 0 Å². The Hall–Kier alpha value is -0.350. The zero-order valence-corrected chi connectivity index (χ0v) is 14.7. The molecule has 4 heteroatoms. The molecule has 5 atom stereocenters. The number of hydrogen-bond donors (Lipinski definition) is 1. The molecule has 0 spiro atoms. The SMILES string of the molecule is CCn1nc(C)c(Br)c1CC1(N)CC2CC1C1CCCC21. The third-order valence-electron chi connectivity index (χ3n) is 6.63. The lowest BCUT2D eigenvalue weighted by atomic mass is 9.69. The highest BCUT2D eigenvalue weighted by Gasteiger charge is 2.59. The second-order valence-corrected chi connectivity index (χ2v) is 8.43. The largest absolute Gasteiger partial charge is 0.324 e. The molecular formula is C17H26BrN3. The van der Waals surface area contributed by atoms with Crippen LogP contribution in [0.4, 0.5) is 0 Å². The molecule has 1 aromatic heterocycles. The zero-order valence-electron chi connectivity index (χ0n) is 13.1. The van der Waals surface area contributed by atoms with Gasteiger partial charge in [-0.3, -0.25) is 4.68 Å². The van der Waals surface area contributed by atoms with Crippen molar-refractivity contribution in [2.24, 2.45) is 29.4 Å². The molecule has 2 bridgehead atoms. The Balaban J connectivity index is 1.63. The van der Waals surface area contributed by atoms with Gasteiger partial charge in [-0.1, -0.05) is 6.42 Å². The van der Waals surface area contributed by atoms with E-state index >= 15 is 0 Å². The van der Waals surface area contributed by atoms with Gasteiger partial charge in [-0.25, -0.2) is 0 Å². The molecule has 3 saturated carbocycles. The number of nitrogens with zero attached hydrogens (tertiary/aromatic N) is 2. The quantitative estimate of drug-likeness (QED) is 0.902. The molecule has 0 radical (unpaired) electrons. The predicted molar refractivity (Wildman–Crippen MR) is 88.0 cm³/mol. The molecule has 1 heterocycles. The second kappa shape index (κ2) is 4.82. The van der Waals surface area contributed by atoms with Gasteiger partial charge in [0.1, 0.15) is 0 Å². The summed E-state index contributed by atoms with van der Waals surface area (Å²) in [5.41, 5.74) is 9.40. The van der Waals surface area contributed by atoms with Crippen LogP contribution in [-0.2, 0) is 13.0 Å². The summed E-state index contributed by atoms with van der Waals surface area (Å²) in [6.45, 7) is 5.17. The van der Waals surface area contributed by atoms with Gasteiger partial charge < -0.3 is 5.73 Å². The van der Waals surface area contributed by atoms with Crippen LogP contribution < -0.4 is 5.73 Å². The molecule has 5 unspecified atom stereocenters. The van der Waals surface area contributed by atoms with Crippen LogP contribution in [0.25, 0.3) is 0 Å². The van der Waals surface area contributed by atoms with Crippen LogP contribution in [0.2, 0.25) is 0 Å². The Bertz CT molecular complexity index is 567. The van der Waals surface area contributed by atoms with Crippen molar-refractivity contribution in [1.29, 1.82) is 0 Å². The molecule has 2 N–H and O–H groups in total. The van der Waals surface area contributed by atoms with Crippen molar-refractivity contribution in [1.82, 2.24) is 9.78 Å². The first-order valence-corrected chi connectivity index (χ1v) is 9.33. The third kappa shape index (κ3) is 1.98. The summed E-state index contributed by atoms with van der Waals surface area (Å²) >= 11 is 3.74. The van der Waals surface area contributed by atoms with E-state index in [2.05, 4.69) is 39.6 Å². The van der Waals surface area contributed by atoms with Crippen LogP contribution in [0.1, 0.15) is 50.4 Å². The fourth-order valence-electron chi connectivity index (χ4n) is 5.87. The van der Waals surface area contributed by atoms with E-state index in [9.17, 15) is 0 Å². The Morgan fingerprint density at radius 3 is 2.90 bits per heavy atom. The van der Waals surface area contributed by atoms with E-state index in [4.69, 9.17) is 5.73 Å². The molecule has 3 aliphatic carbocycles. The number of hydrogen-bond acceptors (Lipinski definition) is 2. The predicted octanol–water partition coefficient (Wildman–Crippen LogP) is 3.67. The van der Waals surface area contributed by atoms with Gasteiger partial charge >= 0.3 is 0 Å². The molecule has 116 valence electrons. The van der Waals surface area contributed by atoms with E-state index in [1.54, 1.807) is 0 Å². The van der Waals surface area contributed by atoms with Gasteiger partial charge in [-0.15, -0.1) is 0 Å². The minimum Gasteiger partial charge on any atom is -0.324 e. The van der Waals surface area contributed by atoms with Crippen molar-refractivity contribution in [2.45, 2.75) is 64.5 Å². The maximum atomic E-state index is 6.97. The highest BCUT2D eigenvalue weighted by Crippen LogP contribution is 2.62. The highest BCUT2D eigenvalue weighted by molar-refractivity contribution is 9.10. The van der Waals surface area contributed by atoms with E-state index in [-0.39, 0.29) is 5.54 Å². The molecule has 3 aliphatic rings. The van der Waals surface area contributed by atoms with Crippen molar-refractivity contribution in [3.63, 3.8) is 0 Å². The third-order valence-corrected chi connectivity index (χ3v) is 7.67. The molecule has 1 aromatic rings. The van der Waals surface area contributed by atoms with E-state index in [0.717, 1.165) is 42.3 Å². The first kappa shape index (κ1) is 14.3. The Morgan fingerprint density at radius 2 is 2.14 bits per heavy atom. The first-order chi connectivity index (χ1) is 10.0. The first-order valence-electron chi connectivity index (χ1n) is 8.54. The standard InChI is InChI=1S/C17H26BrN3/c1-3-21-15(16(18)10(2)20-21)9-17(19)8-11-7-14(17)13-6-4-5-12(11)13/h11-14H,3-9,19H2,1-2H3. The van der Waals surface area contributed by atoms with Gasteiger partial charge in [0, 0.05) is 18.5 Å². The maximum Gasteiger partial charge on any atom is 0.0738 e. The molecule has 0 aromatic carbocycles. The summed E-state index contributed by atoms with van der Waals surface area (Å²) in [5.74, 6) is 3.59. The van der Waals surface area contributed by atoms with Gasteiger partial charge in [0.05, 0.1) is 15.9 Å². The van der Waals surface area contributed by atoms with E-state index in [1.165, 1.54) is 42.3 Å². The Kier molecular flexibility index (Phi) is 3.27. The summed E-state index contributed by atoms with van der Waals surface area (Å²) in [5, 5.41) is 4.64. The van der Waals surface area contributed by atoms with E-state index in [1.807, 2.05) is 0 Å². The van der Waals surface area contributed by atoms with Crippen molar-refractivity contribution in [3.8, 4) is 0 Å². The monoisotopic (exact) mass is 351 g/mol. The van der Waals surface area contributed by atoms with Crippen LogP contribution in [0.5, 0.6) is 0 Å². The molecule has 21 heavy (non-hydrogen) atoms. The van der Waals surface area contributed by atoms with E-state index in [0.29, 0.717) is 0 Å². The van der Waals surface area contributed by atoms with Crippen LogP contribution in [0, 0.1) is 30.6 Å². The summed E-state index contributed by atoms with van der Waals surface area (Å²) in [6, 6.07) is 0. The maximum absolute atomic E-state index is 6.97. The number of aryl methyl sites for hydroxylation is 2. The van der Waals surface area contributed by atoms with Gasteiger partial charge in [0.2, 0.25) is 0 Å². The summed E-state index contributed by atoms with van der Waals surface area (Å²) in [6.07, 6.45) is 7.96. The van der Waals surface area contributed by atoms with Crippen LogP contribution in [-0.4, -0.2) is 15.3 Å². The summed E-state index contributed by atoms with van der Waals surface area (Å²) < 4.78 is 3.33. The second-order valence-electron chi connectivity index (χ2n) is 7.64. The number of aromatic nitrogens is 2. The minimum atomic E-state index is 0.0120. The Morgan fingerprint density at radius 1 is 1.38 bits per heavy atom. The average molecular weight is 352 g/mol. The van der Waals surface area contributed by atoms with Crippen LogP contribution >= 0.6 is 15.9 Å². The van der Waals surface area contributed by atoms with Crippen molar-refractivity contribution in [2.75, 3.05) is 0 Å². The van der Waals surface area contributed by atoms with Crippen molar-refractivity contribution >= 4 is 15.9 Å². The highest BCUT2D eigenvalue weighted by atomic mass is 79.9. The topological polar surface area (TPSA) is 43.8 Å². The molecular weight excluding hydrogens is 326 g/mol. The average Bonchev–Trinajstić information content (AvgIpc) is 3.16. The summed E-state index contributed by atoms with van der Waals surface area (Å²) in [7, 11) is 0. The molecule has 4 rings (SSSR count). The Labute approximate surface area is 135 Å². The molecule has 0 aliphatic heterocycles. The van der Waals surface area contributed by atoms with Crippen LogP contribution in [0.3, 0.4) is 0 Å². The molecule has 0 saturated heterocycles. The minimum absolute atomic E-state index is 0.0120. The lowest BCUT2D eigenvalue weighted by molar-refractivity contribution is 0.154. The zero-order chi connectivity index (χ0) is 14.8. The molecule has 3 nitrogen and oxygen atoms in total. The van der Waals surface area contributed by atoms with Crippen LogP contribution in [0.15, 0.2) is 4.47 Å². The molecule has 0 amide bonds.